The quantitative estimate of drug-likeness (QED) is 0.406. The van der Waals surface area contributed by atoms with Crippen molar-refractivity contribution in [3.05, 3.63) is 33.0 Å². The van der Waals surface area contributed by atoms with Crippen LogP contribution in [0.4, 0.5) is 0 Å². The number of hydrogen-bond acceptors (Lipinski definition) is 9. The Labute approximate surface area is 182 Å². The molecular weight excluding hydrogens is 428 g/mol. The Hall–Kier alpha value is -1.20. The molecule has 0 unspecified atom stereocenters. The molecule has 3 rings (SSSR count). The van der Waals surface area contributed by atoms with Crippen LogP contribution in [0.25, 0.3) is 19.8 Å². The van der Waals surface area contributed by atoms with Gasteiger partial charge in [0.25, 0.3) is 0 Å². The van der Waals surface area contributed by atoms with Gasteiger partial charge in [0.05, 0.1) is 49.4 Å². The zero-order chi connectivity index (χ0) is 20.6. The van der Waals surface area contributed by atoms with E-state index in [0.29, 0.717) is 26.4 Å². The van der Waals surface area contributed by atoms with E-state index in [9.17, 15) is 0 Å². The molecule has 0 amide bonds. The molecule has 0 radical (unpaired) electrons. The van der Waals surface area contributed by atoms with E-state index in [1.807, 2.05) is 0 Å². The predicted molar refractivity (Wildman–Crippen MR) is 119 cm³/mol. The summed E-state index contributed by atoms with van der Waals surface area (Å²) < 4.78 is 10.9. The standard InChI is InChI=1S/C20H26N2O4S3/c1-13-11-15(3-7-25-9-5-23)17(27-13)19-21-22-20(29-19)18-16(12-14(2)28-18)4-8-26-10-6-24/h11-12,23-24H,3-10H2,1-2H3. The molecule has 3 heterocycles. The van der Waals surface area contributed by atoms with Crippen LogP contribution in [0.15, 0.2) is 12.1 Å². The van der Waals surface area contributed by atoms with E-state index in [4.69, 9.17) is 19.7 Å². The fraction of sp³-hybridized carbons (Fsp3) is 0.500. The van der Waals surface area contributed by atoms with Gasteiger partial charge in [-0.2, -0.15) is 0 Å². The van der Waals surface area contributed by atoms with E-state index >= 15 is 0 Å². The number of aromatic nitrogens is 2. The summed E-state index contributed by atoms with van der Waals surface area (Å²) in [7, 11) is 0. The lowest BCUT2D eigenvalue weighted by molar-refractivity contribution is 0.0945. The highest BCUT2D eigenvalue weighted by atomic mass is 32.1. The normalized spacial score (nSPS) is 11.4. The first-order valence-corrected chi connectivity index (χ1v) is 12.0. The second-order valence-corrected chi connectivity index (χ2v) is 10.00. The second-order valence-electron chi connectivity index (χ2n) is 6.51. The van der Waals surface area contributed by atoms with Crippen molar-refractivity contribution in [2.24, 2.45) is 0 Å². The smallest absolute Gasteiger partial charge is 0.158 e. The van der Waals surface area contributed by atoms with E-state index in [1.54, 1.807) is 34.0 Å². The molecular formula is C20H26N2O4S3. The van der Waals surface area contributed by atoms with Gasteiger partial charge in [-0.15, -0.1) is 32.9 Å². The summed E-state index contributed by atoms with van der Waals surface area (Å²) in [4.78, 5) is 4.78. The van der Waals surface area contributed by atoms with Crippen LogP contribution in [0, 0.1) is 13.8 Å². The van der Waals surface area contributed by atoms with Crippen molar-refractivity contribution in [2.75, 3.05) is 39.6 Å². The maximum atomic E-state index is 8.86. The summed E-state index contributed by atoms with van der Waals surface area (Å²) in [5.41, 5.74) is 2.43. The molecule has 0 aromatic carbocycles. The van der Waals surface area contributed by atoms with Crippen molar-refractivity contribution in [2.45, 2.75) is 26.7 Å². The van der Waals surface area contributed by atoms with E-state index < -0.39 is 0 Å². The maximum absolute atomic E-state index is 8.86. The van der Waals surface area contributed by atoms with Gasteiger partial charge in [-0.05, 0) is 49.9 Å². The zero-order valence-corrected chi connectivity index (χ0v) is 19.1. The molecule has 29 heavy (non-hydrogen) atoms. The van der Waals surface area contributed by atoms with Gasteiger partial charge in [0, 0.05) is 9.75 Å². The minimum absolute atomic E-state index is 0.0445. The Balaban J connectivity index is 1.76. The van der Waals surface area contributed by atoms with Gasteiger partial charge in [0.15, 0.2) is 10.0 Å². The number of aliphatic hydroxyl groups is 2. The third-order valence-electron chi connectivity index (χ3n) is 4.18. The van der Waals surface area contributed by atoms with Gasteiger partial charge < -0.3 is 19.7 Å². The van der Waals surface area contributed by atoms with Crippen LogP contribution in [0.5, 0.6) is 0 Å². The number of thiophene rings is 2. The van der Waals surface area contributed by atoms with Gasteiger partial charge in [-0.3, -0.25) is 0 Å². The molecule has 6 nitrogen and oxygen atoms in total. The van der Waals surface area contributed by atoms with E-state index in [0.717, 1.165) is 32.6 Å². The Morgan fingerprint density at radius 2 is 1.17 bits per heavy atom. The van der Waals surface area contributed by atoms with Gasteiger partial charge >= 0.3 is 0 Å². The molecule has 3 aromatic heterocycles. The highest BCUT2D eigenvalue weighted by Crippen LogP contribution is 2.40. The van der Waals surface area contributed by atoms with Crippen LogP contribution >= 0.6 is 34.0 Å². The first kappa shape index (κ1) is 22.5. The Morgan fingerprint density at radius 1 is 0.724 bits per heavy atom. The van der Waals surface area contributed by atoms with Gasteiger partial charge in [-0.1, -0.05) is 11.3 Å². The summed E-state index contributed by atoms with van der Waals surface area (Å²) in [6.07, 6.45) is 1.58. The SMILES string of the molecule is Cc1cc(CCOCCO)c(-c2nnc(-c3sc(C)cc3CCOCCO)s2)s1. The predicted octanol–water partition coefficient (Wildman–Crippen LogP) is 3.71. The average Bonchev–Trinajstić information content (AvgIpc) is 3.40. The summed E-state index contributed by atoms with van der Waals surface area (Å²) in [6, 6.07) is 4.37. The van der Waals surface area contributed by atoms with Crippen molar-refractivity contribution in [3.8, 4) is 19.8 Å². The summed E-state index contributed by atoms with van der Waals surface area (Å²) in [5, 5.41) is 28.5. The topological polar surface area (TPSA) is 84.7 Å². The third kappa shape index (κ3) is 6.14. The Kier molecular flexibility index (Phi) is 8.73. The molecule has 0 atom stereocenters. The van der Waals surface area contributed by atoms with Crippen molar-refractivity contribution in [1.82, 2.24) is 10.2 Å². The second kappa shape index (κ2) is 11.3. The number of aliphatic hydroxyl groups excluding tert-OH is 2. The molecule has 9 heteroatoms. The molecule has 2 N–H and O–H groups in total. The van der Waals surface area contributed by atoms with Crippen LogP contribution in [0.1, 0.15) is 20.9 Å². The van der Waals surface area contributed by atoms with Crippen LogP contribution in [-0.4, -0.2) is 60.1 Å². The van der Waals surface area contributed by atoms with E-state index in [1.165, 1.54) is 20.9 Å². The number of hydrogen-bond donors (Lipinski definition) is 2. The number of aryl methyl sites for hydroxylation is 2. The van der Waals surface area contributed by atoms with E-state index in [-0.39, 0.29) is 13.2 Å². The maximum Gasteiger partial charge on any atom is 0.158 e. The molecule has 0 saturated heterocycles. The molecule has 0 saturated carbocycles. The monoisotopic (exact) mass is 454 g/mol. The number of nitrogens with zero attached hydrogens (tertiary/aromatic N) is 2. The highest BCUT2D eigenvalue weighted by molar-refractivity contribution is 7.26. The Morgan fingerprint density at radius 3 is 1.59 bits per heavy atom. The summed E-state index contributed by atoms with van der Waals surface area (Å²) >= 11 is 5.08. The lowest BCUT2D eigenvalue weighted by Gasteiger charge is -2.03. The third-order valence-corrected chi connectivity index (χ3v) is 7.60. The van der Waals surface area contributed by atoms with Gasteiger partial charge in [0.2, 0.25) is 0 Å². The molecule has 158 valence electrons. The Bertz CT molecular complexity index is 833. The van der Waals surface area contributed by atoms with Crippen molar-refractivity contribution in [1.29, 1.82) is 0 Å². The molecule has 0 spiro atoms. The first-order chi connectivity index (χ1) is 14.1. The lowest BCUT2D eigenvalue weighted by Crippen LogP contribution is -2.03. The van der Waals surface area contributed by atoms with Crippen molar-refractivity contribution < 1.29 is 19.7 Å². The van der Waals surface area contributed by atoms with Gasteiger partial charge in [-0.25, -0.2) is 0 Å². The molecule has 0 aliphatic rings. The van der Waals surface area contributed by atoms with Crippen LogP contribution in [0.3, 0.4) is 0 Å². The number of rotatable bonds is 12. The molecule has 0 aliphatic carbocycles. The van der Waals surface area contributed by atoms with Gasteiger partial charge in [0.1, 0.15) is 0 Å². The minimum atomic E-state index is 0.0445. The number of ether oxygens (including phenoxy) is 2. The van der Waals surface area contributed by atoms with Crippen LogP contribution < -0.4 is 0 Å². The lowest BCUT2D eigenvalue weighted by atomic mass is 10.2. The fourth-order valence-electron chi connectivity index (χ4n) is 2.97. The molecule has 3 aromatic rings. The summed E-state index contributed by atoms with van der Waals surface area (Å²) in [5.74, 6) is 0. The van der Waals surface area contributed by atoms with Crippen LogP contribution in [-0.2, 0) is 22.3 Å². The molecule has 0 fully saturated rings. The average molecular weight is 455 g/mol. The van der Waals surface area contributed by atoms with Crippen molar-refractivity contribution in [3.63, 3.8) is 0 Å². The minimum Gasteiger partial charge on any atom is -0.394 e. The highest BCUT2D eigenvalue weighted by Gasteiger charge is 2.18. The zero-order valence-electron chi connectivity index (χ0n) is 16.6. The van der Waals surface area contributed by atoms with Crippen LogP contribution in [0.2, 0.25) is 0 Å². The molecule has 0 bridgehead atoms. The van der Waals surface area contributed by atoms with Crippen molar-refractivity contribution >= 4 is 34.0 Å². The summed E-state index contributed by atoms with van der Waals surface area (Å²) in [6.45, 7) is 6.18. The first-order valence-electron chi connectivity index (χ1n) is 9.52. The fourth-order valence-corrected chi connectivity index (χ4v) is 6.15. The largest absolute Gasteiger partial charge is 0.394 e. The molecule has 0 aliphatic heterocycles. The van der Waals surface area contributed by atoms with E-state index in [2.05, 4.69) is 36.2 Å².